The topological polar surface area (TPSA) is 31.0 Å². The van der Waals surface area contributed by atoms with E-state index in [0.29, 0.717) is 5.92 Å². The Morgan fingerprint density at radius 1 is 0.600 bits per heavy atom. The lowest BCUT2D eigenvalue weighted by Crippen LogP contribution is -1.96. The second kappa shape index (κ2) is 9.41. The molecule has 3 nitrogen and oxygen atoms in total. The minimum atomic E-state index is 0.687. The van der Waals surface area contributed by atoms with Gasteiger partial charge in [0.1, 0.15) is 11.2 Å². The third kappa shape index (κ3) is 3.80. The van der Waals surface area contributed by atoms with Gasteiger partial charge < -0.3 is 8.98 Å². The number of rotatable bonds is 4. The molecule has 2 aliphatic rings. The molecule has 10 rings (SSSR count). The largest absolute Gasteiger partial charge is 0.456 e. The summed E-state index contributed by atoms with van der Waals surface area (Å²) in [7, 11) is 0. The van der Waals surface area contributed by atoms with Crippen LogP contribution in [-0.4, -0.2) is 9.55 Å². The summed E-state index contributed by atoms with van der Waals surface area (Å²) >= 11 is 0. The van der Waals surface area contributed by atoms with Crippen LogP contribution in [0, 0.1) is 11.8 Å². The van der Waals surface area contributed by atoms with E-state index in [-0.39, 0.29) is 0 Å². The fourth-order valence-corrected chi connectivity index (χ4v) is 7.37. The number of fused-ring (bicyclic) bond motifs is 7. The molecular weight excluding hydrogens is 548 g/mol. The molecule has 8 aromatic rings. The lowest BCUT2D eigenvalue weighted by atomic mass is 9.97. The SMILES string of the molecule is C1=CC2CC2C=C1c1ccc2c3c(-c4cccc(-c5ccccc5)n4)cccc3n(-c3cccc4oc5ccccc5c34)c2c1. The summed E-state index contributed by atoms with van der Waals surface area (Å²) in [5.41, 5.74) is 12.0. The van der Waals surface area contributed by atoms with Crippen molar-refractivity contribution in [1.29, 1.82) is 0 Å². The molecule has 1 saturated carbocycles. The Balaban J connectivity index is 1.29. The van der Waals surface area contributed by atoms with Gasteiger partial charge in [0.25, 0.3) is 0 Å². The quantitative estimate of drug-likeness (QED) is 0.209. The van der Waals surface area contributed by atoms with Crippen LogP contribution in [0.3, 0.4) is 0 Å². The lowest BCUT2D eigenvalue weighted by molar-refractivity contribution is 0.669. The summed E-state index contributed by atoms with van der Waals surface area (Å²) in [6, 6.07) is 45.1. The van der Waals surface area contributed by atoms with Crippen molar-refractivity contribution in [3.8, 4) is 28.2 Å². The lowest BCUT2D eigenvalue weighted by Gasteiger charge is -2.12. The summed E-state index contributed by atoms with van der Waals surface area (Å²) in [6.45, 7) is 0. The molecule has 2 atom stereocenters. The van der Waals surface area contributed by atoms with E-state index < -0.39 is 0 Å². The highest BCUT2D eigenvalue weighted by Gasteiger charge is 2.35. The van der Waals surface area contributed by atoms with Crippen LogP contribution in [0.25, 0.3) is 77.5 Å². The number of para-hydroxylation sites is 1. The van der Waals surface area contributed by atoms with E-state index in [0.717, 1.165) is 61.6 Å². The van der Waals surface area contributed by atoms with Crippen molar-refractivity contribution in [3.05, 3.63) is 151 Å². The summed E-state index contributed by atoms with van der Waals surface area (Å²) < 4.78 is 8.80. The first-order valence-corrected chi connectivity index (χ1v) is 15.7. The number of benzene rings is 5. The number of aromatic nitrogens is 2. The van der Waals surface area contributed by atoms with Crippen LogP contribution in [-0.2, 0) is 0 Å². The van der Waals surface area contributed by atoms with Crippen molar-refractivity contribution in [2.45, 2.75) is 6.42 Å². The molecule has 0 spiro atoms. The smallest absolute Gasteiger partial charge is 0.137 e. The molecule has 3 heteroatoms. The number of furan rings is 1. The zero-order valence-corrected chi connectivity index (χ0v) is 24.5. The van der Waals surface area contributed by atoms with E-state index in [4.69, 9.17) is 9.40 Å². The number of nitrogens with zero attached hydrogens (tertiary/aromatic N) is 2. The number of hydrogen-bond donors (Lipinski definition) is 0. The zero-order chi connectivity index (χ0) is 29.5. The van der Waals surface area contributed by atoms with Gasteiger partial charge in [-0.25, -0.2) is 4.98 Å². The van der Waals surface area contributed by atoms with Gasteiger partial charge in [-0.1, -0.05) is 103 Å². The van der Waals surface area contributed by atoms with E-state index in [1.54, 1.807) is 0 Å². The van der Waals surface area contributed by atoms with Crippen LogP contribution in [0.15, 0.2) is 150 Å². The van der Waals surface area contributed by atoms with E-state index >= 15 is 0 Å². The van der Waals surface area contributed by atoms with E-state index in [9.17, 15) is 0 Å². The Bertz CT molecular complexity index is 2530. The van der Waals surface area contributed by atoms with E-state index in [2.05, 4.69) is 138 Å². The highest BCUT2D eigenvalue weighted by Crippen LogP contribution is 2.47. The Kier molecular flexibility index (Phi) is 5.17. The molecule has 0 aliphatic heterocycles. The van der Waals surface area contributed by atoms with Crippen molar-refractivity contribution in [1.82, 2.24) is 9.55 Å². The molecule has 0 saturated heterocycles. The highest BCUT2D eigenvalue weighted by molar-refractivity contribution is 6.18. The fraction of sp³-hybridized carbons (Fsp3) is 0.0714. The Hall–Kier alpha value is -5.67. The van der Waals surface area contributed by atoms with Crippen LogP contribution >= 0.6 is 0 Å². The van der Waals surface area contributed by atoms with Crippen LogP contribution in [0.4, 0.5) is 0 Å². The summed E-state index contributed by atoms with van der Waals surface area (Å²) in [5, 5.41) is 4.67. The molecule has 212 valence electrons. The van der Waals surface area contributed by atoms with Gasteiger partial charge in [0.2, 0.25) is 0 Å². The van der Waals surface area contributed by atoms with E-state index in [1.165, 1.54) is 33.8 Å². The van der Waals surface area contributed by atoms with Crippen molar-refractivity contribution in [2.75, 3.05) is 0 Å². The Labute approximate surface area is 260 Å². The number of pyridine rings is 1. The van der Waals surface area contributed by atoms with Gasteiger partial charge in [0.05, 0.1) is 33.5 Å². The monoisotopic (exact) mass is 576 g/mol. The first-order valence-electron chi connectivity index (χ1n) is 15.7. The van der Waals surface area contributed by atoms with Crippen LogP contribution in [0.2, 0.25) is 0 Å². The molecule has 0 radical (unpaired) electrons. The average Bonchev–Trinajstić information content (AvgIpc) is 3.67. The van der Waals surface area contributed by atoms with Crippen LogP contribution < -0.4 is 0 Å². The minimum Gasteiger partial charge on any atom is -0.456 e. The van der Waals surface area contributed by atoms with Gasteiger partial charge in [-0.15, -0.1) is 0 Å². The van der Waals surface area contributed by atoms with Gasteiger partial charge in [-0.2, -0.15) is 0 Å². The second-order valence-corrected chi connectivity index (χ2v) is 12.3. The Morgan fingerprint density at radius 2 is 1.42 bits per heavy atom. The van der Waals surface area contributed by atoms with Gasteiger partial charge >= 0.3 is 0 Å². The van der Waals surface area contributed by atoms with Crippen molar-refractivity contribution >= 4 is 49.3 Å². The molecule has 2 unspecified atom stereocenters. The second-order valence-electron chi connectivity index (χ2n) is 12.3. The normalized spacial score (nSPS) is 17.3. The predicted molar refractivity (Wildman–Crippen MR) is 185 cm³/mol. The summed E-state index contributed by atoms with van der Waals surface area (Å²) in [5.74, 6) is 1.42. The third-order valence-corrected chi connectivity index (χ3v) is 9.65. The zero-order valence-electron chi connectivity index (χ0n) is 24.5. The molecular formula is C42H28N2O. The molecule has 5 aromatic carbocycles. The Morgan fingerprint density at radius 3 is 2.36 bits per heavy atom. The molecule has 0 bridgehead atoms. The maximum Gasteiger partial charge on any atom is 0.137 e. The van der Waals surface area contributed by atoms with Crippen LogP contribution in [0.5, 0.6) is 0 Å². The molecule has 2 aliphatic carbocycles. The summed E-state index contributed by atoms with van der Waals surface area (Å²) in [4.78, 5) is 5.20. The van der Waals surface area contributed by atoms with Gasteiger partial charge in [-0.3, -0.25) is 0 Å². The van der Waals surface area contributed by atoms with Gasteiger partial charge in [0.15, 0.2) is 0 Å². The van der Waals surface area contributed by atoms with Crippen molar-refractivity contribution in [3.63, 3.8) is 0 Å². The minimum absolute atomic E-state index is 0.687. The van der Waals surface area contributed by atoms with Gasteiger partial charge in [-0.05, 0) is 71.9 Å². The van der Waals surface area contributed by atoms with E-state index in [1.807, 2.05) is 12.1 Å². The molecule has 0 amide bonds. The predicted octanol–water partition coefficient (Wildman–Crippen LogP) is 11.0. The maximum absolute atomic E-state index is 6.36. The molecule has 0 N–H and O–H groups in total. The average molecular weight is 577 g/mol. The van der Waals surface area contributed by atoms with Gasteiger partial charge in [0, 0.05) is 27.3 Å². The third-order valence-electron chi connectivity index (χ3n) is 9.65. The molecule has 45 heavy (non-hydrogen) atoms. The number of allylic oxidation sites excluding steroid dienone is 4. The molecule has 3 aromatic heterocycles. The molecule has 3 heterocycles. The number of hydrogen-bond acceptors (Lipinski definition) is 2. The first-order chi connectivity index (χ1) is 22.3. The highest BCUT2D eigenvalue weighted by atomic mass is 16.3. The molecule has 1 fully saturated rings. The first kappa shape index (κ1) is 24.7. The van der Waals surface area contributed by atoms with Crippen LogP contribution in [0.1, 0.15) is 12.0 Å². The fourth-order valence-electron chi connectivity index (χ4n) is 7.37. The van der Waals surface area contributed by atoms with Crippen molar-refractivity contribution in [2.24, 2.45) is 11.8 Å². The summed E-state index contributed by atoms with van der Waals surface area (Å²) in [6.07, 6.45) is 8.45. The maximum atomic E-state index is 6.36. The van der Waals surface area contributed by atoms with Crippen molar-refractivity contribution < 1.29 is 4.42 Å². The standard InChI is InChI=1S/C42H28N2O/c1-2-9-26(10-3-1)34-13-7-14-35(43-34)31-12-6-15-36-41(31)32-22-21-29(27-19-20-28-24-30(28)23-27)25-38(32)44(36)37-16-8-18-40-42(37)33-11-4-5-17-39(33)45-40/h1-23,25,28,30H,24H2.